The molecule has 0 aromatic heterocycles. The normalized spacial score (nSPS) is 15.2. The number of benzene rings is 1. The van der Waals surface area contributed by atoms with Crippen molar-refractivity contribution >= 4 is 12.2 Å². The van der Waals surface area contributed by atoms with Crippen LogP contribution in [0.2, 0.25) is 0 Å². The first-order chi connectivity index (χ1) is 7.79. The number of nitrogens with zero attached hydrogens (tertiary/aromatic N) is 1. The molecule has 0 atom stereocenters. The second-order valence-electron chi connectivity index (χ2n) is 3.85. The van der Waals surface area contributed by atoms with Crippen LogP contribution in [0.5, 0.6) is 0 Å². The summed E-state index contributed by atoms with van der Waals surface area (Å²) < 4.78 is 0. The van der Waals surface area contributed by atoms with Crippen LogP contribution in [0, 0.1) is 0 Å². The summed E-state index contributed by atoms with van der Waals surface area (Å²) in [5, 5.41) is 1.86. The van der Waals surface area contributed by atoms with E-state index in [0.717, 1.165) is 13.0 Å². The van der Waals surface area contributed by atoms with E-state index in [2.05, 4.69) is 17.6 Å². The first kappa shape index (κ1) is 10.8. The van der Waals surface area contributed by atoms with Crippen molar-refractivity contribution in [3.63, 3.8) is 0 Å². The van der Waals surface area contributed by atoms with Crippen LogP contribution in [-0.2, 0) is 22.6 Å². The number of carbonyl (C=O) groups is 2. The van der Waals surface area contributed by atoms with Crippen LogP contribution in [0.4, 0.5) is 0 Å². The monoisotopic (exact) mass is 218 g/mol. The molecule has 1 aliphatic rings. The Balaban J connectivity index is 1.97. The minimum atomic E-state index is -0.241. The number of aldehydes is 1. The van der Waals surface area contributed by atoms with Crippen LogP contribution in [0.25, 0.3) is 0 Å². The van der Waals surface area contributed by atoms with E-state index in [-0.39, 0.29) is 12.3 Å². The zero-order valence-electron chi connectivity index (χ0n) is 8.98. The van der Waals surface area contributed by atoms with Crippen molar-refractivity contribution in [1.82, 2.24) is 10.4 Å². The summed E-state index contributed by atoms with van der Waals surface area (Å²) in [7, 11) is 0. The Morgan fingerprint density at radius 1 is 1.38 bits per heavy atom. The fourth-order valence-corrected chi connectivity index (χ4v) is 1.89. The maximum Gasteiger partial charge on any atom is 0.241 e. The Morgan fingerprint density at radius 3 is 2.88 bits per heavy atom. The van der Waals surface area contributed by atoms with Crippen LogP contribution >= 0.6 is 0 Å². The number of hydrogen-bond acceptors (Lipinski definition) is 3. The lowest BCUT2D eigenvalue weighted by Gasteiger charge is -2.28. The summed E-state index contributed by atoms with van der Waals surface area (Å²) >= 11 is 0. The van der Waals surface area contributed by atoms with Gasteiger partial charge in [0, 0.05) is 13.1 Å². The van der Waals surface area contributed by atoms with E-state index in [1.807, 2.05) is 17.1 Å². The second-order valence-corrected chi connectivity index (χ2v) is 3.85. The van der Waals surface area contributed by atoms with Crippen LogP contribution in [0.3, 0.4) is 0 Å². The lowest BCUT2D eigenvalue weighted by molar-refractivity contribution is -0.128. The number of fused-ring (bicyclic) bond motifs is 1. The quantitative estimate of drug-likeness (QED) is 0.599. The van der Waals surface area contributed by atoms with Crippen molar-refractivity contribution in [2.75, 3.05) is 6.54 Å². The van der Waals surface area contributed by atoms with Crippen molar-refractivity contribution < 1.29 is 9.59 Å². The third-order valence-corrected chi connectivity index (χ3v) is 2.68. The van der Waals surface area contributed by atoms with Gasteiger partial charge in [-0.2, -0.15) is 0 Å². The molecule has 0 radical (unpaired) electrons. The highest BCUT2D eigenvalue weighted by atomic mass is 16.2. The molecule has 0 saturated carbocycles. The van der Waals surface area contributed by atoms with Crippen LogP contribution < -0.4 is 5.43 Å². The Kier molecular flexibility index (Phi) is 3.31. The average molecular weight is 218 g/mol. The van der Waals surface area contributed by atoms with Gasteiger partial charge in [-0.25, -0.2) is 5.01 Å². The molecular formula is C12H14N2O2. The summed E-state index contributed by atoms with van der Waals surface area (Å²) in [4.78, 5) is 21.4. The fraction of sp³-hybridized carbons (Fsp3) is 0.333. The largest absolute Gasteiger partial charge is 0.303 e. The van der Waals surface area contributed by atoms with Gasteiger partial charge < -0.3 is 4.79 Å². The molecule has 1 N–H and O–H groups in total. The number of amides is 1. The van der Waals surface area contributed by atoms with E-state index < -0.39 is 0 Å². The van der Waals surface area contributed by atoms with Crippen LogP contribution in [0.15, 0.2) is 24.3 Å². The van der Waals surface area contributed by atoms with E-state index in [1.54, 1.807) is 0 Å². The van der Waals surface area contributed by atoms with Crippen LogP contribution in [-0.4, -0.2) is 23.7 Å². The molecule has 0 fully saturated rings. The predicted octanol–water partition coefficient (Wildman–Crippen LogP) is 0.665. The lowest BCUT2D eigenvalue weighted by atomic mass is 10.0. The van der Waals surface area contributed by atoms with E-state index in [1.165, 1.54) is 11.1 Å². The number of hydrogen-bond donors (Lipinski definition) is 1. The van der Waals surface area contributed by atoms with Gasteiger partial charge in [-0.3, -0.25) is 10.2 Å². The Labute approximate surface area is 94.2 Å². The molecule has 84 valence electrons. The van der Waals surface area contributed by atoms with Gasteiger partial charge >= 0.3 is 0 Å². The minimum absolute atomic E-state index is 0.0713. The molecule has 1 aromatic carbocycles. The summed E-state index contributed by atoms with van der Waals surface area (Å²) in [5.74, 6) is -0.241. The van der Waals surface area contributed by atoms with Crippen LogP contribution in [0.1, 0.15) is 17.5 Å². The van der Waals surface area contributed by atoms with Gasteiger partial charge in [0.15, 0.2) is 0 Å². The first-order valence-electron chi connectivity index (χ1n) is 5.34. The van der Waals surface area contributed by atoms with E-state index in [9.17, 15) is 9.59 Å². The molecule has 1 aliphatic heterocycles. The molecular weight excluding hydrogens is 204 g/mol. The molecule has 1 amide bonds. The summed E-state index contributed by atoms with van der Waals surface area (Å²) in [6.07, 6.45) is 1.48. The van der Waals surface area contributed by atoms with Crippen molar-refractivity contribution in [2.45, 2.75) is 19.4 Å². The Bertz CT molecular complexity index is 404. The molecule has 0 saturated heterocycles. The van der Waals surface area contributed by atoms with Gasteiger partial charge in [0.1, 0.15) is 6.29 Å². The average Bonchev–Trinajstić information content (AvgIpc) is 2.29. The SMILES string of the molecule is O=CCC(=O)NN1CCc2ccccc2C1. The first-order valence-corrected chi connectivity index (χ1v) is 5.34. The van der Waals surface area contributed by atoms with Crippen molar-refractivity contribution in [2.24, 2.45) is 0 Å². The number of rotatable bonds is 3. The minimum Gasteiger partial charge on any atom is -0.303 e. The molecule has 4 nitrogen and oxygen atoms in total. The number of nitrogens with one attached hydrogen (secondary N) is 1. The molecule has 0 bridgehead atoms. The van der Waals surface area contributed by atoms with E-state index in [0.29, 0.717) is 12.8 Å². The Morgan fingerprint density at radius 2 is 2.12 bits per heavy atom. The van der Waals surface area contributed by atoms with Gasteiger partial charge in [-0.1, -0.05) is 24.3 Å². The highest BCUT2D eigenvalue weighted by Gasteiger charge is 2.16. The van der Waals surface area contributed by atoms with Crippen molar-refractivity contribution in [3.8, 4) is 0 Å². The van der Waals surface area contributed by atoms with Crippen molar-refractivity contribution in [3.05, 3.63) is 35.4 Å². The van der Waals surface area contributed by atoms with Gasteiger partial charge in [0.2, 0.25) is 5.91 Å². The predicted molar refractivity (Wildman–Crippen MR) is 59.4 cm³/mol. The maximum absolute atomic E-state index is 11.2. The van der Waals surface area contributed by atoms with Gasteiger partial charge in [-0.05, 0) is 17.5 Å². The number of hydrazine groups is 1. The molecule has 16 heavy (non-hydrogen) atoms. The van der Waals surface area contributed by atoms with E-state index >= 15 is 0 Å². The topological polar surface area (TPSA) is 49.4 Å². The number of carbonyl (C=O) groups excluding carboxylic acids is 2. The maximum atomic E-state index is 11.2. The van der Waals surface area contributed by atoms with Gasteiger partial charge in [0.05, 0.1) is 6.42 Å². The summed E-state index contributed by atoms with van der Waals surface area (Å²) in [5.41, 5.74) is 5.30. The molecule has 0 spiro atoms. The lowest BCUT2D eigenvalue weighted by Crippen LogP contribution is -2.44. The fourth-order valence-electron chi connectivity index (χ4n) is 1.89. The van der Waals surface area contributed by atoms with Gasteiger partial charge in [-0.15, -0.1) is 0 Å². The third kappa shape index (κ3) is 2.46. The zero-order valence-corrected chi connectivity index (χ0v) is 8.98. The second kappa shape index (κ2) is 4.90. The smallest absolute Gasteiger partial charge is 0.241 e. The van der Waals surface area contributed by atoms with Gasteiger partial charge in [0.25, 0.3) is 0 Å². The molecule has 0 unspecified atom stereocenters. The molecule has 1 heterocycles. The van der Waals surface area contributed by atoms with E-state index in [4.69, 9.17) is 0 Å². The molecule has 4 heteroatoms. The highest BCUT2D eigenvalue weighted by molar-refractivity contribution is 5.87. The standard InChI is InChI=1S/C12H14N2O2/c15-8-6-12(16)13-14-7-5-10-3-1-2-4-11(10)9-14/h1-4,8H,5-7,9H2,(H,13,16). The third-order valence-electron chi connectivity index (χ3n) is 2.68. The summed E-state index contributed by atoms with van der Waals surface area (Å²) in [6, 6.07) is 8.20. The highest BCUT2D eigenvalue weighted by Crippen LogP contribution is 2.16. The molecule has 2 rings (SSSR count). The summed E-state index contributed by atoms with van der Waals surface area (Å²) in [6.45, 7) is 1.50. The van der Waals surface area contributed by atoms with Crippen molar-refractivity contribution in [1.29, 1.82) is 0 Å². The Hall–Kier alpha value is -1.68. The molecule has 0 aliphatic carbocycles. The molecule has 1 aromatic rings. The zero-order chi connectivity index (χ0) is 11.4.